The van der Waals surface area contributed by atoms with Gasteiger partial charge in [0.2, 0.25) is 0 Å². The number of aliphatic hydroxyl groups excluding tert-OH is 1. The molecule has 88 valence electrons. The summed E-state index contributed by atoms with van der Waals surface area (Å²) in [6.45, 7) is 2.04. The molecule has 4 N–H and O–H groups in total. The zero-order valence-corrected chi connectivity index (χ0v) is 9.74. The van der Waals surface area contributed by atoms with Gasteiger partial charge in [-0.05, 0) is 37.5 Å². The smallest absolute Gasteiger partial charge is 0.0741 e. The fraction of sp³-hybridized carbons (Fsp3) is 0.538. The molecule has 1 aliphatic rings. The van der Waals surface area contributed by atoms with Crippen molar-refractivity contribution in [3.63, 3.8) is 0 Å². The number of anilines is 2. The van der Waals surface area contributed by atoms with E-state index in [-0.39, 0.29) is 12.1 Å². The van der Waals surface area contributed by atoms with Gasteiger partial charge in [0, 0.05) is 0 Å². The average molecular weight is 220 g/mol. The Labute approximate surface area is 96.7 Å². The van der Waals surface area contributed by atoms with Crippen LogP contribution in [-0.2, 0) is 0 Å². The molecule has 2 rings (SSSR count). The van der Waals surface area contributed by atoms with Gasteiger partial charge in [-0.3, -0.25) is 0 Å². The first-order chi connectivity index (χ1) is 7.66. The number of benzene rings is 1. The van der Waals surface area contributed by atoms with E-state index in [9.17, 15) is 5.11 Å². The molecular formula is C13H20N2O. The lowest BCUT2D eigenvalue weighted by Gasteiger charge is -2.29. The molecule has 1 fully saturated rings. The fourth-order valence-electron chi connectivity index (χ4n) is 2.27. The summed E-state index contributed by atoms with van der Waals surface area (Å²) in [5, 5.41) is 13.3. The van der Waals surface area contributed by atoms with Gasteiger partial charge in [-0.1, -0.05) is 18.9 Å². The predicted molar refractivity (Wildman–Crippen MR) is 67.5 cm³/mol. The largest absolute Gasteiger partial charge is 0.397 e. The van der Waals surface area contributed by atoms with Crippen molar-refractivity contribution in [2.45, 2.75) is 44.8 Å². The lowest BCUT2D eigenvalue weighted by molar-refractivity contribution is 0.116. The Bertz CT molecular complexity index is 365. The van der Waals surface area contributed by atoms with Crippen molar-refractivity contribution in [3.8, 4) is 0 Å². The Morgan fingerprint density at radius 1 is 1.31 bits per heavy atom. The van der Waals surface area contributed by atoms with E-state index in [1.807, 2.05) is 25.1 Å². The van der Waals surface area contributed by atoms with Gasteiger partial charge in [-0.2, -0.15) is 0 Å². The Balaban J connectivity index is 2.10. The zero-order valence-electron chi connectivity index (χ0n) is 9.74. The molecule has 0 saturated heterocycles. The molecule has 0 radical (unpaired) electrons. The van der Waals surface area contributed by atoms with E-state index in [1.165, 1.54) is 12.0 Å². The quantitative estimate of drug-likeness (QED) is 0.670. The molecule has 0 bridgehead atoms. The van der Waals surface area contributed by atoms with Crippen LogP contribution in [0.15, 0.2) is 18.2 Å². The van der Waals surface area contributed by atoms with Crippen LogP contribution >= 0.6 is 0 Å². The highest BCUT2D eigenvalue weighted by Gasteiger charge is 2.23. The van der Waals surface area contributed by atoms with Crippen LogP contribution in [-0.4, -0.2) is 17.3 Å². The maximum Gasteiger partial charge on any atom is 0.0741 e. The highest BCUT2D eigenvalue weighted by Crippen LogP contribution is 2.26. The maximum atomic E-state index is 9.89. The van der Waals surface area contributed by atoms with Gasteiger partial charge >= 0.3 is 0 Å². The molecule has 1 aromatic rings. The van der Waals surface area contributed by atoms with Crippen LogP contribution in [0, 0.1) is 6.92 Å². The number of nitrogens with two attached hydrogens (primary N) is 1. The summed E-state index contributed by atoms with van der Waals surface area (Å²) in [6.07, 6.45) is 3.98. The molecule has 0 heterocycles. The van der Waals surface area contributed by atoms with Crippen LogP contribution in [0.3, 0.4) is 0 Å². The molecule has 0 amide bonds. The summed E-state index contributed by atoms with van der Waals surface area (Å²) in [4.78, 5) is 0. The number of aryl methyl sites for hydroxylation is 1. The van der Waals surface area contributed by atoms with E-state index < -0.39 is 0 Å². The third-order valence-electron chi connectivity index (χ3n) is 3.28. The lowest BCUT2D eigenvalue weighted by Crippen LogP contribution is -2.36. The molecule has 1 saturated carbocycles. The zero-order chi connectivity index (χ0) is 11.5. The maximum absolute atomic E-state index is 9.89. The van der Waals surface area contributed by atoms with E-state index in [0.717, 1.165) is 30.6 Å². The fourth-order valence-corrected chi connectivity index (χ4v) is 2.27. The molecule has 0 aliphatic heterocycles. The van der Waals surface area contributed by atoms with Crippen LogP contribution < -0.4 is 11.1 Å². The molecular weight excluding hydrogens is 200 g/mol. The van der Waals surface area contributed by atoms with Gasteiger partial charge in [0.25, 0.3) is 0 Å². The number of aliphatic hydroxyl groups is 1. The first kappa shape index (κ1) is 11.3. The molecule has 16 heavy (non-hydrogen) atoms. The SMILES string of the molecule is Cc1ccc(N)c(NC2CCCCC2O)c1. The topological polar surface area (TPSA) is 58.3 Å². The number of hydrogen-bond donors (Lipinski definition) is 3. The van der Waals surface area contributed by atoms with Crippen molar-refractivity contribution >= 4 is 11.4 Å². The van der Waals surface area contributed by atoms with Gasteiger partial charge in [-0.25, -0.2) is 0 Å². The molecule has 0 aromatic heterocycles. The standard InChI is InChI=1S/C13H20N2O/c1-9-6-7-10(14)12(8-9)15-11-4-2-3-5-13(11)16/h6-8,11,13,15-16H,2-5,14H2,1H3. The van der Waals surface area contributed by atoms with Gasteiger partial charge in [0.05, 0.1) is 23.5 Å². The van der Waals surface area contributed by atoms with Crippen molar-refractivity contribution in [2.24, 2.45) is 0 Å². The van der Waals surface area contributed by atoms with Crippen LogP contribution in [0.25, 0.3) is 0 Å². The first-order valence-corrected chi connectivity index (χ1v) is 5.97. The van der Waals surface area contributed by atoms with E-state index in [4.69, 9.17) is 5.73 Å². The number of nitrogens with one attached hydrogen (secondary N) is 1. The average Bonchev–Trinajstić information content (AvgIpc) is 2.27. The van der Waals surface area contributed by atoms with Crippen molar-refractivity contribution in [3.05, 3.63) is 23.8 Å². The monoisotopic (exact) mass is 220 g/mol. The Kier molecular flexibility index (Phi) is 3.34. The van der Waals surface area contributed by atoms with E-state index in [0.29, 0.717) is 0 Å². The third-order valence-corrected chi connectivity index (χ3v) is 3.28. The summed E-state index contributed by atoms with van der Waals surface area (Å²) in [7, 11) is 0. The van der Waals surface area contributed by atoms with Crippen LogP contribution in [0.2, 0.25) is 0 Å². The molecule has 2 unspecified atom stereocenters. The number of nitrogen functional groups attached to an aromatic ring is 1. The second kappa shape index (κ2) is 4.74. The van der Waals surface area contributed by atoms with Gasteiger partial charge in [0.15, 0.2) is 0 Å². The predicted octanol–water partition coefficient (Wildman–Crippen LogP) is 2.29. The minimum Gasteiger partial charge on any atom is -0.397 e. The van der Waals surface area contributed by atoms with Crippen LogP contribution in [0.5, 0.6) is 0 Å². The minimum atomic E-state index is -0.242. The van der Waals surface area contributed by atoms with Crippen LogP contribution in [0.1, 0.15) is 31.2 Å². The second-order valence-corrected chi connectivity index (χ2v) is 4.69. The summed E-state index contributed by atoms with van der Waals surface area (Å²) in [5.74, 6) is 0. The highest BCUT2D eigenvalue weighted by molar-refractivity contribution is 5.67. The summed E-state index contributed by atoms with van der Waals surface area (Å²) in [6, 6.07) is 6.10. The molecule has 0 spiro atoms. The normalized spacial score (nSPS) is 25.4. The van der Waals surface area contributed by atoms with Crippen molar-refractivity contribution < 1.29 is 5.11 Å². The summed E-state index contributed by atoms with van der Waals surface area (Å²) in [5.41, 5.74) is 8.79. The Hall–Kier alpha value is -1.22. The first-order valence-electron chi connectivity index (χ1n) is 5.97. The minimum absolute atomic E-state index is 0.151. The van der Waals surface area contributed by atoms with Crippen molar-refractivity contribution in [1.82, 2.24) is 0 Å². The van der Waals surface area contributed by atoms with Crippen molar-refractivity contribution in [2.75, 3.05) is 11.1 Å². The second-order valence-electron chi connectivity index (χ2n) is 4.69. The molecule has 1 aromatic carbocycles. The third kappa shape index (κ3) is 2.47. The lowest BCUT2D eigenvalue weighted by atomic mass is 9.92. The van der Waals surface area contributed by atoms with Gasteiger partial charge in [0.1, 0.15) is 0 Å². The number of rotatable bonds is 2. The number of hydrogen-bond acceptors (Lipinski definition) is 3. The van der Waals surface area contributed by atoms with E-state index >= 15 is 0 Å². The van der Waals surface area contributed by atoms with Gasteiger partial charge in [-0.15, -0.1) is 0 Å². The van der Waals surface area contributed by atoms with Crippen molar-refractivity contribution in [1.29, 1.82) is 0 Å². The van der Waals surface area contributed by atoms with E-state index in [1.54, 1.807) is 0 Å². The molecule has 1 aliphatic carbocycles. The Morgan fingerprint density at radius 2 is 2.06 bits per heavy atom. The van der Waals surface area contributed by atoms with Gasteiger partial charge < -0.3 is 16.2 Å². The molecule has 3 nitrogen and oxygen atoms in total. The molecule has 2 atom stereocenters. The van der Waals surface area contributed by atoms with Crippen LogP contribution in [0.4, 0.5) is 11.4 Å². The van der Waals surface area contributed by atoms with E-state index in [2.05, 4.69) is 5.32 Å². The Morgan fingerprint density at radius 3 is 2.81 bits per heavy atom. The molecule has 3 heteroatoms. The highest BCUT2D eigenvalue weighted by atomic mass is 16.3. The summed E-state index contributed by atoms with van der Waals surface area (Å²) >= 11 is 0. The summed E-state index contributed by atoms with van der Waals surface area (Å²) < 4.78 is 0.